The zero-order chi connectivity index (χ0) is 16.1. The van der Waals surface area contributed by atoms with E-state index in [0.29, 0.717) is 5.69 Å². The standard InChI is InChI=1S/C15H8N4O3/c16-8-11-1-4-13(7-12(11)9-17)18-15(20)10-2-5-14(6-3-10)19(21)22/h1-7H,(H,18,20). The Balaban J connectivity index is 2.20. The lowest BCUT2D eigenvalue weighted by Crippen LogP contribution is -2.12. The fourth-order valence-electron chi connectivity index (χ4n) is 1.75. The number of nitro benzene ring substituents is 1. The van der Waals surface area contributed by atoms with E-state index in [2.05, 4.69) is 5.32 Å². The average molecular weight is 292 g/mol. The molecular formula is C15H8N4O3. The zero-order valence-corrected chi connectivity index (χ0v) is 11.1. The number of hydrogen-bond acceptors (Lipinski definition) is 5. The summed E-state index contributed by atoms with van der Waals surface area (Å²) in [6.07, 6.45) is 0. The first-order chi connectivity index (χ1) is 10.5. The Kier molecular flexibility index (Phi) is 4.11. The predicted molar refractivity (Wildman–Crippen MR) is 76.9 cm³/mol. The molecule has 1 N–H and O–H groups in total. The van der Waals surface area contributed by atoms with Crippen molar-refractivity contribution in [3.63, 3.8) is 0 Å². The van der Waals surface area contributed by atoms with Crippen LogP contribution in [0, 0.1) is 32.8 Å². The number of hydrogen-bond donors (Lipinski definition) is 1. The molecule has 0 spiro atoms. The Bertz CT molecular complexity index is 829. The summed E-state index contributed by atoms with van der Waals surface area (Å²) in [6.45, 7) is 0. The average Bonchev–Trinajstić information content (AvgIpc) is 2.54. The van der Waals surface area contributed by atoms with Crippen LogP contribution in [0.1, 0.15) is 21.5 Å². The van der Waals surface area contributed by atoms with Gasteiger partial charge in [0.2, 0.25) is 0 Å². The number of nitrogens with one attached hydrogen (secondary N) is 1. The number of benzene rings is 2. The summed E-state index contributed by atoms with van der Waals surface area (Å²) in [5, 5.41) is 30.9. The molecule has 0 unspecified atom stereocenters. The fraction of sp³-hybridized carbons (Fsp3) is 0. The van der Waals surface area contributed by atoms with Crippen molar-refractivity contribution in [1.29, 1.82) is 10.5 Å². The third-order valence-corrected chi connectivity index (χ3v) is 2.86. The van der Waals surface area contributed by atoms with Gasteiger partial charge < -0.3 is 5.32 Å². The number of carbonyl (C=O) groups is 1. The molecule has 0 radical (unpaired) electrons. The van der Waals surface area contributed by atoms with Gasteiger partial charge in [0.1, 0.15) is 12.1 Å². The number of amides is 1. The highest BCUT2D eigenvalue weighted by Crippen LogP contribution is 2.17. The second-order valence-electron chi connectivity index (χ2n) is 4.24. The van der Waals surface area contributed by atoms with Crippen LogP contribution in [-0.4, -0.2) is 10.8 Å². The van der Waals surface area contributed by atoms with Crippen LogP contribution in [0.3, 0.4) is 0 Å². The van der Waals surface area contributed by atoms with Gasteiger partial charge in [-0.3, -0.25) is 14.9 Å². The number of nitriles is 2. The maximum atomic E-state index is 12.0. The minimum absolute atomic E-state index is 0.110. The van der Waals surface area contributed by atoms with Gasteiger partial charge in [0.25, 0.3) is 11.6 Å². The maximum absolute atomic E-state index is 12.0. The second kappa shape index (κ2) is 6.16. The summed E-state index contributed by atoms with van der Waals surface area (Å²) in [5.41, 5.74) is 0.869. The van der Waals surface area contributed by atoms with E-state index in [9.17, 15) is 14.9 Å². The molecule has 2 aromatic rings. The van der Waals surface area contributed by atoms with E-state index >= 15 is 0 Å². The van der Waals surface area contributed by atoms with Crippen LogP contribution in [0.5, 0.6) is 0 Å². The lowest BCUT2D eigenvalue weighted by Gasteiger charge is -2.06. The first-order valence-electron chi connectivity index (χ1n) is 6.05. The fourth-order valence-corrected chi connectivity index (χ4v) is 1.75. The van der Waals surface area contributed by atoms with Crippen molar-refractivity contribution >= 4 is 17.3 Å². The lowest BCUT2D eigenvalue weighted by molar-refractivity contribution is -0.384. The largest absolute Gasteiger partial charge is 0.322 e. The number of nitrogens with zero attached hydrogens (tertiary/aromatic N) is 3. The molecule has 0 saturated carbocycles. The van der Waals surface area contributed by atoms with Crippen molar-refractivity contribution in [2.75, 3.05) is 5.32 Å². The Labute approximate surface area is 125 Å². The SMILES string of the molecule is N#Cc1ccc(NC(=O)c2ccc([N+](=O)[O-])cc2)cc1C#N. The van der Waals surface area contributed by atoms with Crippen LogP contribution >= 0.6 is 0 Å². The highest BCUT2D eigenvalue weighted by molar-refractivity contribution is 6.04. The van der Waals surface area contributed by atoms with Crippen molar-refractivity contribution in [2.45, 2.75) is 0 Å². The van der Waals surface area contributed by atoms with Gasteiger partial charge >= 0.3 is 0 Å². The van der Waals surface area contributed by atoms with Crippen molar-refractivity contribution in [3.05, 3.63) is 69.3 Å². The molecule has 106 valence electrons. The van der Waals surface area contributed by atoms with E-state index in [1.54, 1.807) is 0 Å². The van der Waals surface area contributed by atoms with Crippen LogP contribution in [0.25, 0.3) is 0 Å². The quantitative estimate of drug-likeness (QED) is 0.688. The molecule has 0 aliphatic carbocycles. The van der Waals surface area contributed by atoms with Crippen LogP contribution in [0.4, 0.5) is 11.4 Å². The van der Waals surface area contributed by atoms with Crippen molar-refractivity contribution in [3.8, 4) is 12.1 Å². The number of non-ortho nitro benzene ring substituents is 1. The van der Waals surface area contributed by atoms with Gasteiger partial charge in [-0.05, 0) is 30.3 Å². The first-order valence-corrected chi connectivity index (χ1v) is 6.05. The molecule has 1 amide bonds. The molecule has 7 heteroatoms. The van der Waals surface area contributed by atoms with E-state index in [4.69, 9.17) is 10.5 Å². The molecule has 0 aliphatic heterocycles. The van der Waals surface area contributed by atoms with Crippen LogP contribution in [0.15, 0.2) is 42.5 Å². The van der Waals surface area contributed by atoms with Gasteiger partial charge in [0, 0.05) is 23.4 Å². The molecule has 0 saturated heterocycles. The molecule has 2 rings (SSSR count). The van der Waals surface area contributed by atoms with Gasteiger partial charge in [-0.25, -0.2) is 0 Å². The summed E-state index contributed by atoms with van der Waals surface area (Å²) < 4.78 is 0. The molecule has 2 aromatic carbocycles. The molecule has 0 fully saturated rings. The molecular weight excluding hydrogens is 284 g/mol. The third-order valence-electron chi connectivity index (χ3n) is 2.86. The number of anilines is 1. The number of rotatable bonds is 3. The molecule has 22 heavy (non-hydrogen) atoms. The Hall–Kier alpha value is -3.71. The molecule has 0 atom stereocenters. The second-order valence-corrected chi connectivity index (χ2v) is 4.24. The Morgan fingerprint density at radius 1 is 1.05 bits per heavy atom. The third kappa shape index (κ3) is 3.06. The molecule has 0 heterocycles. The monoisotopic (exact) mass is 292 g/mol. The minimum Gasteiger partial charge on any atom is -0.322 e. The maximum Gasteiger partial charge on any atom is 0.269 e. The summed E-state index contributed by atoms with van der Waals surface area (Å²) >= 11 is 0. The minimum atomic E-state index is -0.554. The van der Waals surface area contributed by atoms with Crippen molar-refractivity contribution in [2.24, 2.45) is 0 Å². The van der Waals surface area contributed by atoms with Gasteiger partial charge in [-0.2, -0.15) is 10.5 Å². The normalized spacial score (nSPS) is 9.36. The summed E-state index contributed by atoms with van der Waals surface area (Å²) in [7, 11) is 0. The van der Waals surface area contributed by atoms with Crippen LogP contribution < -0.4 is 5.32 Å². The summed E-state index contributed by atoms with van der Waals surface area (Å²) in [6, 6.07) is 13.2. The lowest BCUT2D eigenvalue weighted by atomic mass is 10.1. The van der Waals surface area contributed by atoms with E-state index in [-0.39, 0.29) is 22.4 Å². The van der Waals surface area contributed by atoms with Gasteiger partial charge in [-0.15, -0.1) is 0 Å². The number of carbonyl (C=O) groups excluding carboxylic acids is 1. The van der Waals surface area contributed by atoms with Gasteiger partial charge in [0.05, 0.1) is 16.1 Å². The van der Waals surface area contributed by atoms with E-state index in [1.165, 1.54) is 42.5 Å². The highest BCUT2D eigenvalue weighted by Gasteiger charge is 2.10. The Morgan fingerprint density at radius 3 is 2.23 bits per heavy atom. The topological polar surface area (TPSA) is 120 Å². The van der Waals surface area contributed by atoms with Crippen molar-refractivity contribution in [1.82, 2.24) is 0 Å². The summed E-state index contributed by atoms with van der Waals surface area (Å²) in [4.78, 5) is 22.0. The zero-order valence-electron chi connectivity index (χ0n) is 11.1. The van der Waals surface area contributed by atoms with Crippen LogP contribution in [-0.2, 0) is 0 Å². The summed E-state index contributed by atoms with van der Waals surface area (Å²) in [5.74, 6) is -0.469. The molecule has 0 aliphatic rings. The van der Waals surface area contributed by atoms with Gasteiger partial charge in [-0.1, -0.05) is 0 Å². The number of nitro groups is 1. The molecule has 0 aromatic heterocycles. The van der Waals surface area contributed by atoms with E-state index < -0.39 is 10.8 Å². The first kappa shape index (κ1) is 14.7. The van der Waals surface area contributed by atoms with Crippen molar-refractivity contribution < 1.29 is 9.72 Å². The molecule has 7 nitrogen and oxygen atoms in total. The predicted octanol–water partition coefficient (Wildman–Crippen LogP) is 2.59. The highest BCUT2D eigenvalue weighted by atomic mass is 16.6. The van der Waals surface area contributed by atoms with Gasteiger partial charge in [0.15, 0.2) is 0 Å². The Morgan fingerprint density at radius 2 is 1.68 bits per heavy atom. The van der Waals surface area contributed by atoms with E-state index in [1.807, 2.05) is 12.1 Å². The van der Waals surface area contributed by atoms with E-state index in [0.717, 1.165) is 0 Å². The van der Waals surface area contributed by atoms with Crippen LogP contribution in [0.2, 0.25) is 0 Å². The smallest absolute Gasteiger partial charge is 0.269 e. The molecule has 0 bridgehead atoms.